The van der Waals surface area contributed by atoms with Gasteiger partial charge in [-0.3, -0.25) is 0 Å². The van der Waals surface area contributed by atoms with Crippen molar-refractivity contribution in [2.75, 3.05) is 6.54 Å². The Balaban J connectivity index is 2.15. The van der Waals surface area contributed by atoms with E-state index in [-0.39, 0.29) is 5.76 Å². The molecule has 3 N–H and O–H groups in total. The molecule has 2 aromatic rings. The van der Waals surface area contributed by atoms with Gasteiger partial charge in [0.15, 0.2) is 0 Å². The number of fused-ring (bicyclic) bond motifs is 1. The lowest BCUT2D eigenvalue weighted by Gasteiger charge is -2.10. The zero-order chi connectivity index (χ0) is 14.5. The van der Waals surface area contributed by atoms with E-state index in [0.29, 0.717) is 24.2 Å². The van der Waals surface area contributed by atoms with Crippen molar-refractivity contribution in [1.82, 2.24) is 5.32 Å². The fourth-order valence-electron chi connectivity index (χ4n) is 2.25. The number of aliphatic hydroxyl groups is 1. The van der Waals surface area contributed by atoms with E-state index in [9.17, 15) is 15.0 Å². The predicted molar refractivity (Wildman–Crippen MR) is 75.8 cm³/mol. The quantitative estimate of drug-likeness (QED) is 0.723. The van der Waals surface area contributed by atoms with Gasteiger partial charge in [0.2, 0.25) is 5.76 Å². The van der Waals surface area contributed by atoms with Gasteiger partial charge < -0.3 is 19.9 Å². The van der Waals surface area contributed by atoms with Crippen LogP contribution in [0.4, 0.5) is 0 Å². The molecular weight excluding hydrogens is 258 g/mol. The number of carbonyl (C=O) groups is 1. The number of para-hydroxylation sites is 1. The molecule has 5 nitrogen and oxygen atoms in total. The predicted octanol–water partition coefficient (Wildman–Crippen LogP) is 2.38. The molecule has 1 atom stereocenters. The van der Waals surface area contributed by atoms with Crippen LogP contribution in [0.1, 0.15) is 35.9 Å². The standard InChI is InChI=1S/C15H19NO4/c1-2-5-10(17)8-16-9-12-11-6-3-4-7-13(11)20-14(12)15(18)19/h3-4,6-7,10,16-17H,2,5,8-9H2,1H3,(H,18,19). The molecule has 0 aliphatic heterocycles. The second-order valence-corrected chi connectivity index (χ2v) is 4.78. The SMILES string of the molecule is CCCC(O)CNCc1c(C(=O)O)oc2ccccc12. The Kier molecular flexibility index (Phi) is 4.76. The monoisotopic (exact) mass is 277 g/mol. The van der Waals surface area contributed by atoms with Gasteiger partial charge in [0.1, 0.15) is 5.58 Å². The van der Waals surface area contributed by atoms with E-state index in [2.05, 4.69) is 5.32 Å². The van der Waals surface area contributed by atoms with Crippen molar-refractivity contribution in [3.05, 3.63) is 35.6 Å². The fourth-order valence-corrected chi connectivity index (χ4v) is 2.25. The van der Waals surface area contributed by atoms with Gasteiger partial charge in [-0.25, -0.2) is 4.79 Å². The number of nitrogens with one attached hydrogen (secondary N) is 1. The molecule has 2 rings (SSSR count). The lowest BCUT2D eigenvalue weighted by atomic mass is 10.1. The molecule has 20 heavy (non-hydrogen) atoms. The van der Waals surface area contributed by atoms with Crippen LogP contribution in [0.3, 0.4) is 0 Å². The molecule has 1 unspecified atom stereocenters. The zero-order valence-electron chi connectivity index (χ0n) is 11.4. The summed E-state index contributed by atoms with van der Waals surface area (Å²) in [6, 6.07) is 7.24. The van der Waals surface area contributed by atoms with Crippen molar-refractivity contribution in [3.8, 4) is 0 Å². The molecule has 0 saturated heterocycles. The largest absolute Gasteiger partial charge is 0.475 e. The topological polar surface area (TPSA) is 82.7 Å². The molecule has 0 bridgehead atoms. The molecule has 0 aliphatic rings. The first kappa shape index (κ1) is 14.6. The summed E-state index contributed by atoms with van der Waals surface area (Å²) in [6.45, 7) is 2.81. The van der Waals surface area contributed by atoms with Crippen LogP contribution >= 0.6 is 0 Å². The van der Waals surface area contributed by atoms with Crippen molar-refractivity contribution < 1.29 is 19.4 Å². The molecule has 0 saturated carbocycles. The van der Waals surface area contributed by atoms with Gasteiger partial charge in [-0.05, 0) is 12.5 Å². The van der Waals surface area contributed by atoms with Crippen molar-refractivity contribution in [3.63, 3.8) is 0 Å². The maximum atomic E-state index is 11.2. The van der Waals surface area contributed by atoms with Crippen molar-refractivity contribution in [2.45, 2.75) is 32.4 Å². The number of furan rings is 1. The first-order valence-corrected chi connectivity index (χ1v) is 6.76. The number of hydrogen-bond acceptors (Lipinski definition) is 4. The first-order chi connectivity index (χ1) is 9.63. The highest BCUT2D eigenvalue weighted by molar-refractivity contribution is 5.95. The number of aliphatic hydroxyl groups excluding tert-OH is 1. The Bertz CT molecular complexity index is 591. The molecule has 0 fully saturated rings. The Morgan fingerprint density at radius 3 is 2.85 bits per heavy atom. The van der Waals surface area contributed by atoms with E-state index in [1.807, 2.05) is 19.1 Å². The van der Waals surface area contributed by atoms with Gasteiger partial charge >= 0.3 is 5.97 Å². The smallest absolute Gasteiger partial charge is 0.372 e. The first-order valence-electron chi connectivity index (χ1n) is 6.76. The minimum Gasteiger partial charge on any atom is -0.475 e. The molecule has 0 aliphatic carbocycles. The highest BCUT2D eigenvalue weighted by atomic mass is 16.4. The lowest BCUT2D eigenvalue weighted by Crippen LogP contribution is -2.26. The summed E-state index contributed by atoms with van der Waals surface area (Å²) in [5, 5.41) is 22.7. The molecule has 0 spiro atoms. The Morgan fingerprint density at radius 1 is 1.40 bits per heavy atom. The summed E-state index contributed by atoms with van der Waals surface area (Å²) in [4.78, 5) is 11.2. The average molecular weight is 277 g/mol. The van der Waals surface area contributed by atoms with E-state index in [1.165, 1.54) is 0 Å². The van der Waals surface area contributed by atoms with E-state index in [4.69, 9.17) is 4.42 Å². The molecular formula is C15H19NO4. The molecule has 1 heterocycles. The van der Waals surface area contributed by atoms with E-state index in [1.54, 1.807) is 12.1 Å². The summed E-state index contributed by atoms with van der Waals surface area (Å²) in [5.74, 6) is -1.12. The molecule has 0 amide bonds. The van der Waals surface area contributed by atoms with Gasteiger partial charge in [0.05, 0.1) is 6.10 Å². The molecule has 1 aromatic carbocycles. The summed E-state index contributed by atoms with van der Waals surface area (Å²) in [5.41, 5.74) is 1.19. The third kappa shape index (κ3) is 3.18. The van der Waals surface area contributed by atoms with Crippen LogP contribution in [-0.2, 0) is 6.54 Å². The summed E-state index contributed by atoms with van der Waals surface area (Å²) in [6.07, 6.45) is 1.23. The van der Waals surface area contributed by atoms with Crippen LogP contribution < -0.4 is 5.32 Å². The number of carboxylic acids is 1. The summed E-state index contributed by atoms with van der Waals surface area (Å²) >= 11 is 0. The van der Waals surface area contributed by atoms with Gasteiger partial charge in [0.25, 0.3) is 0 Å². The maximum absolute atomic E-state index is 11.2. The van der Waals surface area contributed by atoms with E-state index < -0.39 is 12.1 Å². The van der Waals surface area contributed by atoms with Crippen LogP contribution in [0.25, 0.3) is 11.0 Å². The van der Waals surface area contributed by atoms with Crippen LogP contribution in [0.2, 0.25) is 0 Å². The molecule has 108 valence electrons. The summed E-state index contributed by atoms with van der Waals surface area (Å²) < 4.78 is 5.36. The molecule has 5 heteroatoms. The van der Waals surface area contributed by atoms with Crippen molar-refractivity contribution in [2.24, 2.45) is 0 Å². The number of aromatic carboxylic acids is 1. The highest BCUT2D eigenvalue weighted by Gasteiger charge is 2.19. The summed E-state index contributed by atoms with van der Waals surface area (Å²) in [7, 11) is 0. The zero-order valence-corrected chi connectivity index (χ0v) is 11.4. The molecule has 0 radical (unpaired) electrons. The Labute approximate surface area is 117 Å². The van der Waals surface area contributed by atoms with Gasteiger partial charge in [0, 0.05) is 24.0 Å². The average Bonchev–Trinajstić information content (AvgIpc) is 2.78. The van der Waals surface area contributed by atoms with Gasteiger partial charge in [-0.2, -0.15) is 0 Å². The lowest BCUT2D eigenvalue weighted by molar-refractivity contribution is 0.0663. The van der Waals surface area contributed by atoms with E-state index in [0.717, 1.165) is 18.2 Å². The van der Waals surface area contributed by atoms with Crippen molar-refractivity contribution >= 4 is 16.9 Å². The van der Waals surface area contributed by atoms with Crippen LogP contribution in [0.15, 0.2) is 28.7 Å². The maximum Gasteiger partial charge on any atom is 0.372 e. The number of benzene rings is 1. The number of carboxylic acid groups (broad SMARTS) is 1. The fraction of sp³-hybridized carbons (Fsp3) is 0.400. The van der Waals surface area contributed by atoms with Crippen LogP contribution in [-0.4, -0.2) is 28.8 Å². The van der Waals surface area contributed by atoms with Crippen LogP contribution in [0, 0.1) is 0 Å². The number of rotatable bonds is 7. The third-order valence-corrected chi connectivity index (χ3v) is 3.20. The highest BCUT2D eigenvalue weighted by Crippen LogP contribution is 2.25. The third-order valence-electron chi connectivity index (χ3n) is 3.20. The number of hydrogen-bond donors (Lipinski definition) is 3. The van der Waals surface area contributed by atoms with E-state index >= 15 is 0 Å². The van der Waals surface area contributed by atoms with Crippen molar-refractivity contribution in [1.29, 1.82) is 0 Å². The minimum atomic E-state index is -1.08. The Hall–Kier alpha value is -1.85. The Morgan fingerprint density at radius 2 is 2.15 bits per heavy atom. The second-order valence-electron chi connectivity index (χ2n) is 4.78. The van der Waals surface area contributed by atoms with Crippen LogP contribution in [0.5, 0.6) is 0 Å². The minimum absolute atomic E-state index is 0.0383. The normalized spacial score (nSPS) is 12.7. The van der Waals surface area contributed by atoms with Gasteiger partial charge in [-0.15, -0.1) is 0 Å². The second kappa shape index (κ2) is 6.54. The molecule has 1 aromatic heterocycles. The van der Waals surface area contributed by atoms with Gasteiger partial charge in [-0.1, -0.05) is 31.5 Å².